The molecular formula is C46H84N2O7. The standard InChI is InChI=1S/C46H84N2O7/c1-3-5-7-9-11-13-14-15-16-17-18-19-20-21-22-23-25-30-34-38-45(52)55-41(35-31-27-24-12-10-8-6-4-2)36-32-28-26-29-33-37-43(50)47-39-44(51)48-42(40-49)46(53)54/h11,13,15-16,41-42,49H,3-10,12,14,17-40H2,1-2H3,(H,47,50)(H,48,51)(H,53,54)/b13-11-,16-15-. The summed E-state index contributed by atoms with van der Waals surface area (Å²) in [6, 6.07) is -1.38. The van der Waals surface area contributed by atoms with Gasteiger partial charge in [0.25, 0.3) is 0 Å². The zero-order valence-corrected chi connectivity index (χ0v) is 35.4. The van der Waals surface area contributed by atoms with Crippen LogP contribution in [0.15, 0.2) is 24.3 Å². The number of aliphatic hydroxyl groups is 1. The van der Waals surface area contributed by atoms with Gasteiger partial charge in [-0.1, -0.05) is 160 Å². The summed E-state index contributed by atoms with van der Waals surface area (Å²) >= 11 is 0. The zero-order valence-electron chi connectivity index (χ0n) is 35.4. The molecule has 0 radical (unpaired) electrons. The Morgan fingerprint density at radius 3 is 1.49 bits per heavy atom. The first-order valence-electron chi connectivity index (χ1n) is 22.7. The van der Waals surface area contributed by atoms with E-state index in [9.17, 15) is 19.2 Å². The molecule has 2 atom stereocenters. The molecule has 4 N–H and O–H groups in total. The zero-order chi connectivity index (χ0) is 40.5. The second-order valence-electron chi connectivity index (χ2n) is 15.5. The van der Waals surface area contributed by atoms with Crippen molar-refractivity contribution < 1.29 is 34.1 Å². The Labute approximate surface area is 336 Å². The SMILES string of the molecule is CCCCC/C=C\C/C=C\CCCCCCCCCCCC(=O)OC(CCCCCCCCCC)CCCCCCCC(=O)NCC(=O)NC(CO)C(=O)O. The maximum atomic E-state index is 12.8. The van der Waals surface area contributed by atoms with Gasteiger partial charge in [0.2, 0.25) is 11.8 Å². The first-order chi connectivity index (χ1) is 26.8. The second-order valence-corrected chi connectivity index (χ2v) is 15.5. The number of carboxylic acid groups (broad SMARTS) is 1. The van der Waals surface area contributed by atoms with Crippen molar-refractivity contribution in [3.05, 3.63) is 24.3 Å². The number of carbonyl (C=O) groups is 4. The third-order valence-electron chi connectivity index (χ3n) is 10.2. The lowest BCUT2D eigenvalue weighted by atomic mass is 10.0. The topological polar surface area (TPSA) is 142 Å². The van der Waals surface area contributed by atoms with Crippen LogP contribution in [0.1, 0.15) is 219 Å². The fourth-order valence-electron chi connectivity index (χ4n) is 6.69. The molecule has 0 spiro atoms. The van der Waals surface area contributed by atoms with Crippen molar-refractivity contribution in [1.82, 2.24) is 10.6 Å². The summed E-state index contributed by atoms with van der Waals surface area (Å²) in [4.78, 5) is 47.5. The van der Waals surface area contributed by atoms with E-state index < -0.39 is 24.5 Å². The molecule has 2 unspecified atom stereocenters. The molecule has 2 amide bonds. The minimum absolute atomic E-state index is 0.0104. The summed E-state index contributed by atoms with van der Waals surface area (Å²) in [5.74, 6) is -2.29. The Morgan fingerprint density at radius 1 is 0.545 bits per heavy atom. The number of aliphatic hydroxyl groups excluding tert-OH is 1. The molecule has 0 saturated carbocycles. The van der Waals surface area contributed by atoms with E-state index in [1.807, 2.05) is 0 Å². The summed E-state index contributed by atoms with van der Waals surface area (Å²) < 4.78 is 6.02. The van der Waals surface area contributed by atoms with Crippen LogP contribution in [0, 0.1) is 0 Å². The van der Waals surface area contributed by atoms with Gasteiger partial charge in [0.05, 0.1) is 13.2 Å². The number of aliphatic carboxylic acids is 1. The summed E-state index contributed by atoms with van der Waals surface area (Å²) in [6.07, 6.45) is 45.0. The number of nitrogens with one attached hydrogen (secondary N) is 2. The quantitative estimate of drug-likeness (QED) is 0.0275. The van der Waals surface area contributed by atoms with Crippen LogP contribution in [0.25, 0.3) is 0 Å². The van der Waals surface area contributed by atoms with Crippen LogP contribution in [0.4, 0.5) is 0 Å². The van der Waals surface area contributed by atoms with E-state index in [2.05, 4.69) is 48.8 Å². The summed E-state index contributed by atoms with van der Waals surface area (Å²) in [7, 11) is 0. The van der Waals surface area contributed by atoms with Crippen LogP contribution in [0.3, 0.4) is 0 Å². The van der Waals surface area contributed by atoms with Crippen molar-refractivity contribution >= 4 is 23.8 Å². The van der Waals surface area contributed by atoms with Crippen LogP contribution in [0.5, 0.6) is 0 Å². The Bertz CT molecular complexity index is 983. The molecule has 0 heterocycles. The predicted octanol–water partition coefficient (Wildman–Crippen LogP) is 11.2. The molecule has 0 saturated heterocycles. The molecule has 0 aromatic carbocycles. The maximum Gasteiger partial charge on any atom is 0.328 e. The molecule has 55 heavy (non-hydrogen) atoms. The summed E-state index contributed by atoms with van der Waals surface area (Å²) in [5.41, 5.74) is 0. The predicted molar refractivity (Wildman–Crippen MR) is 227 cm³/mol. The minimum Gasteiger partial charge on any atom is -0.480 e. The third-order valence-corrected chi connectivity index (χ3v) is 10.2. The maximum absolute atomic E-state index is 12.8. The van der Waals surface area contributed by atoms with Gasteiger partial charge in [-0.2, -0.15) is 0 Å². The molecule has 320 valence electrons. The molecule has 0 aromatic rings. The van der Waals surface area contributed by atoms with Crippen LogP contribution in [-0.2, 0) is 23.9 Å². The van der Waals surface area contributed by atoms with Gasteiger partial charge in [-0.05, 0) is 70.6 Å². The van der Waals surface area contributed by atoms with Gasteiger partial charge in [-0.3, -0.25) is 14.4 Å². The molecule has 0 aliphatic carbocycles. The number of esters is 1. The van der Waals surface area contributed by atoms with E-state index in [0.29, 0.717) is 19.3 Å². The Hall–Kier alpha value is -2.68. The molecule has 0 aromatic heterocycles. The first-order valence-corrected chi connectivity index (χ1v) is 22.7. The van der Waals surface area contributed by atoms with E-state index in [1.54, 1.807) is 0 Å². The van der Waals surface area contributed by atoms with Crippen molar-refractivity contribution in [2.24, 2.45) is 0 Å². The van der Waals surface area contributed by atoms with Gasteiger partial charge < -0.3 is 25.6 Å². The summed E-state index contributed by atoms with van der Waals surface area (Å²) in [5, 5.41) is 22.5. The smallest absolute Gasteiger partial charge is 0.328 e. The Kier molecular flexibility index (Phi) is 39.0. The molecule has 0 fully saturated rings. The highest BCUT2D eigenvalue weighted by molar-refractivity contribution is 5.87. The van der Waals surface area contributed by atoms with Crippen molar-refractivity contribution in [2.75, 3.05) is 13.2 Å². The molecule has 0 aliphatic heterocycles. The Morgan fingerprint density at radius 2 is 0.982 bits per heavy atom. The molecule has 9 heteroatoms. The van der Waals surface area contributed by atoms with E-state index >= 15 is 0 Å². The number of carbonyl (C=O) groups excluding carboxylic acids is 3. The molecular weight excluding hydrogens is 693 g/mol. The number of hydrogen-bond donors (Lipinski definition) is 4. The normalized spacial score (nSPS) is 12.6. The van der Waals surface area contributed by atoms with Crippen LogP contribution in [-0.4, -0.2) is 59.3 Å². The number of amides is 2. The molecule has 0 aliphatic rings. The van der Waals surface area contributed by atoms with Gasteiger partial charge >= 0.3 is 11.9 Å². The number of carboxylic acids is 1. The number of hydrogen-bond acceptors (Lipinski definition) is 6. The van der Waals surface area contributed by atoms with Crippen molar-refractivity contribution in [3.8, 4) is 0 Å². The van der Waals surface area contributed by atoms with Crippen molar-refractivity contribution in [1.29, 1.82) is 0 Å². The number of unbranched alkanes of at least 4 members (excludes halogenated alkanes) is 23. The minimum atomic E-state index is -1.38. The fraction of sp³-hybridized carbons (Fsp3) is 0.826. The highest BCUT2D eigenvalue weighted by Crippen LogP contribution is 2.19. The van der Waals surface area contributed by atoms with Gasteiger partial charge in [0.1, 0.15) is 12.1 Å². The van der Waals surface area contributed by atoms with Gasteiger partial charge in [0, 0.05) is 12.8 Å². The average Bonchev–Trinajstić information content (AvgIpc) is 3.17. The van der Waals surface area contributed by atoms with Gasteiger partial charge in [0.15, 0.2) is 0 Å². The number of rotatable bonds is 41. The van der Waals surface area contributed by atoms with E-state index in [1.165, 1.54) is 122 Å². The lowest BCUT2D eigenvalue weighted by Gasteiger charge is -2.18. The first kappa shape index (κ1) is 52.3. The largest absolute Gasteiger partial charge is 0.480 e. The van der Waals surface area contributed by atoms with Crippen LogP contribution in [0.2, 0.25) is 0 Å². The fourth-order valence-corrected chi connectivity index (χ4v) is 6.69. The molecule has 0 rings (SSSR count). The number of ether oxygens (including phenoxy) is 1. The van der Waals surface area contributed by atoms with Gasteiger partial charge in [-0.15, -0.1) is 0 Å². The highest BCUT2D eigenvalue weighted by atomic mass is 16.5. The van der Waals surface area contributed by atoms with E-state index in [4.69, 9.17) is 14.9 Å². The van der Waals surface area contributed by atoms with Crippen LogP contribution < -0.4 is 10.6 Å². The van der Waals surface area contributed by atoms with Crippen molar-refractivity contribution in [2.45, 2.75) is 231 Å². The molecule has 0 bridgehead atoms. The van der Waals surface area contributed by atoms with Crippen LogP contribution >= 0.6 is 0 Å². The van der Waals surface area contributed by atoms with Crippen molar-refractivity contribution in [3.63, 3.8) is 0 Å². The number of allylic oxidation sites excluding steroid dienone is 4. The van der Waals surface area contributed by atoms with Gasteiger partial charge in [-0.25, -0.2) is 4.79 Å². The van der Waals surface area contributed by atoms with E-state index in [-0.39, 0.29) is 24.5 Å². The van der Waals surface area contributed by atoms with E-state index in [0.717, 1.165) is 64.2 Å². The third kappa shape index (κ3) is 38.0. The lowest BCUT2D eigenvalue weighted by Crippen LogP contribution is -2.47. The highest BCUT2D eigenvalue weighted by Gasteiger charge is 2.19. The molecule has 9 nitrogen and oxygen atoms in total. The Balaban J connectivity index is 4.15. The summed E-state index contributed by atoms with van der Waals surface area (Å²) in [6.45, 7) is 3.46. The lowest BCUT2D eigenvalue weighted by molar-refractivity contribution is -0.150. The average molecular weight is 777 g/mol. The second kappa shape index (κ2) is 41.0. The monoisotopic (exact) mass is 777 g/mol.